The van der Waals surface area contributed by atoms with E-state index in [0.717, 1.165) is 33.3 Å². The Kier molecular flexibility index (Phi) is 3.79. The topological polar surface area (TPSA) is 21.3 Å². The highest BCUT2D eigenvalue weighted by molar-refractivity contribution is 7.80. The van der Waals surface area contributed by atoms with Gasteiger partial charge < -0.3 is 10.1 Å². The molecule has 0 saturated carbocycles. The predicted octanol–water partition coefficient (Wildman–Crippen LogP) is 5.67. The Morgan fingerprint density at radius 1 is 0.833 bits per heavy atom. The van der Waals surface area contributed by atoms with Gasteiger partial charge in [0.25, 0.3) is 0 Å². The van der Waals surface area contributed by atoms with Crippen molar-refractivity contribution >= 4 is 22.9 Å². The molecule has 3 heteroatoms. The smallest absolute Gasteiger partial charge is 0.131 e. The van der Waals surface area contributed by atoms with Crippen LogP contribution >= 0.6 is 12.2 Å². The fourth-order valence-corrected chi connectivity index (χ4v) is 3.42. The molecule has 24 heavy (non-hydrogen) atoms. The van der Waals surface area contributed by atoms with Crippen LogP contribution in [-0.2, 0) is 0 Å². The molecule has 0 radical (unpaired) electrons. The number of ether oxygens (including phenoxy) is 1. The van der Waals surface area contributed by atoms with E-state index in [2.05, 4.69) is 48.6 Å². The van der Waals surface area contributed by atoms with Crippen LogP contribution in [0.3, 0.4) is 0 Å². The maximum atomic E-state index is 6.04. The van der Waals surface area contributed by atoms with Crippen LogP contribution in [0.25, 0.3) is 0 Å². The van der Waals surface area contributed by atoms with Crippen molar-refractivity contribution in [3.8, 4) is 11.5 Å². The Balaban J connectivity index is 1.74. The highest BCUT2D eigenvalue weighted by Crippen LogP contribution is 2.44. The predicted molar refractivity (Wildman–Crippen MR) is 102 cm³/mol. The molecule has 0 amide bonds. The third kappa shape index (κ3) is 2.68. The van der Waals surface area contributed by atoms with E-state index in [1.807, 2.05) is 36.4 Å². The highest BCUT2D eigenvalue weighted by Gasteiger charge is 2.29. The van der Waals surface area contributed by atoms with E-state index < -0.39 is 0 Å². The van der Waals surface area contributed by atoms with E-state index in [1.54, 1.807) is 0 Å². The lowest BCUT2D eigenvalue weighted by Crippen LogP contribution is -2.23. The molecule has 1 aliphatic rings. The molecule has 0 spiro atoms. The van der Waals surface area contributed by atoms with Gasteiger partial charge in [0.2, 0.25) is 0 Å². The second-order valence-corrected chi connectivity index (χ2v) is 6.41. The summed E-state index contributed by atoms with van der Waals surface area (Å²) in [6.45, 7) is 2.08. The summed E-state index contributed by atoms with van der Waals surface area (Å²) in [5.41, 5.74) is 4.43. The Bertz CT molecular complexity index is 856. The zero-order valence-corrected chi connectivity index (χ0v) is 14.1. The molecule has 3 aromatic carbocycles. The van der Waals surface area contributed by atoms with E-state index in [4.69, 9.17) is 17.0 Å². The van der Waals surface area contributed by atoms with Gasteiger partial charge in [0, 0.05) is 16.8 Å². The van der Waals surface area contributed by atoms with Crippen molar-refractivity contribution in [1.82, 2.24) is 0 Å². The SMILES string of the molecule is Cc1ccc(NC(=S)C2c3ccccc3Oc3ccccc32)cc1. The van der Waals surface area contributed by atoms with Crippen molar-refractivity contribution in [2.75, 3.05) is 5.32 Å². The minimum atomic E-state index is -0.0116. The van der Waals surface area contributed by atoms with Crippen LogP contribution in [0.5, 0.6) is 11.5 Å². The second-order valence-electron chi connectivity index (χ2n) is 5.97. The minimum absolute atomic E-state index is 0.0116. The summed E-state index contributed by atoms with van der Waals surface area (Å²) >= 11 is 5.77. The molecule has 0 aliphatic carbocycles. The average Bonchev–Trinajstić information content (AvgIpc) is 2.61. The molecule has 4 rings (SSSR count). The van der Waals surface area contributed by atoms with E-state index in [1.165, 1.54) is 5.56 Å². The third-order valence-corrected chi connectivity index (χ3v) is 4.60. The van der Waals surface area contributed by atoms with E-state index >= 15 is 0 Å². The summed E-state index contributed by atoms with van der Waals surface area (Å²) in [6.07, 6.45) is 0. The lowest BCUT2D eigenvalue weighted by atomic mass is 9.87. The van der Waals surface area contributed by atoms with Crippen LogP contribution in [0, 0.1) is 6.92 Å². The van der Waals surface area contributed by atoms with Crippen molar-refractivity contribution in [1.29, 1.82) is 0 Å². The van der Waals surface area contributed by atoms with E-state index in [-0.39, 0.29) is 5.92 Å². The van der Waals surface area contributed by atoms with E-state index in [0.29, 0.717) is 0 Å². The van der Waals surface area contributed by atoms with Crippen LogP contribution in [0.15, 0.2) is 72.8 Å². The molecule has 0 unspecified atom stereocenters. The number of nitrogens with one attached hydrogen (secondary N) is 1. The lowest BCUT2D eigenvalue weighted by molar-refractivity contribution is 0.457. The number of anilines is 1. The number of hydrogen-bond acceptors (Lipinski definition) is 2. The summed E-state index contributed by atoms with van der Waals surface area (Å²) in [7, 11) is 0. The van der Waals surface area contributed by atoms with Gasteiger partial charge in [-0.2, -0.15) is 0 Å². The van der Waals surface area contributed by atoms with Gasteiger partial charge in [0.05, 0.1) is 10.9 Å². The quantitative estimate of drug-likeness (QED) is 0.611. The summed E-state index contributed by atoms with van der Waals surface area (Å²) in [6, 6.07) is 24.4. The largest absolute Gasteiger partial charge is 0.457 e. The molecule has 1 heterocycles. The number of aryl methyl sites for hydroxylation is 1. The molecule has 1 aliphatic heterocycles. The first-order valence-electron chi connectivity index (χ1n) is 7.95. The molecule has 0 bridgehead atoms. The number of thiocarbonyl (C=S) groups is 1. The van der Waals surface area contributed by atoms with Crippen molar-refractivity contribution in [2.24, 2.45) is 0 Å². The van der Waals surface area contributed by atoms with Crippen molar-refractivity contribution in [3.05, 3.63) is 89.5 Å². The van der Waals surface area contributed by atoms with Crippen molar-refractivity contribution in [2.45, 2.75) is 12.8 Å². The van der Waals surface area contributed by atoms with Gasteiger partial charge in [-0.15, -0.1) is 0 Å². The van der Waals surface area contributed by atoms with Gasteiger partial charge in [-0.1, -0.05) is 66.3 Å². The molecule has 0 fully saturated rings. The van der Waals surface area contributed by atoms with Gasteiger partial charge in [0.15, 0.2) is 0 Å². The average molecular weight is 331 g/mol. The maximum absolute atomic E-state index is 6.04. The third-order valence-electron chi connectivity index (χ3n) is 4.26. The summed E-state index contributed by atoms with van der Waals surface area (Å²) in [4.78, 5) is 0.780. The van der Waals surface area contributed by atoms with Crippen LogP contribution in [0.4, 0.5) is 5.69 Å². The molecule has 0 atom stereocenters. The summed E-state index contributed by atoms with van der Waals surface area (Å²) in [5, 5.41) is 3.40. The fraction of sp³-hybridized carbons (Fsp3) is 0.0952. The maximum Gasteiger partial charge on any atom is 0.131 e. The van der Waals surface area contributed by atoms with E-state index in [9.17, 15) is 0 Å². The molecular weight excluding hydrogens is 314 g/mol. The molecule has 2 nitrogen and oxygen atoms in total. The number of para-hydroxylation sites is 2. The molecule has 3 aromatic rings. The molecule has 0 saturated heterocycles. The zero-order chi connectivity index (χ0) is 16.5. The second kappa shape index (κ2) is 6.10. The first-order valence-corrected chi connectivity index (χ1v) is 8.36. The Hall–Kier alpha value is -2.65. The first kappa shape index (κ1) is 14.9. The van der Waals surface area contributed by atoms with Gasteiger partial charge >= 0.3 is 0 Å². The Morgan fingerprint density at radius 2 is 1.38 bits per heavy atom. The van der Waals surface area contributed by atoms with Gasteiger partial charge in [0.1, 0.15) is 11.5 Å². The normalized spacial score (nSPS) is 12.7. The lowest BCUT2D eigenvalue weighted by Gasteiger charge is -2.29. The van der Waals surface area contributed by atoms with Crippen LogP contribution in [0.2, 0.25) is 0 Å². The molecule has 0 aromatic heterocycles. The van der Waals surface area contributed by atoms with Crippen molar-refractivity contribution < 1.29 is 4.74 Å². The zero-order valence-electron chi connectivity index (χ0n) is 13.3. The Morgan fingerprint density at radius 3 is 1.96 bits per heavy atom. The van der Waals surface area contributed by atoms with Crippen LogP contribution < -0.4 is 10.1 Å². The van der Waals surface area contributed by atoms with Gasteiger partial charge in [-0.05, 0) is 31.2 Å². The van der Waals surface area contributed by atoms with Crippen LogP contribution in [0.1, 0.15) is 22.6 Å². The van der Waals surface area contributed by atoms with Crippen LogP contribution in [-0.4, -0.2) is 4.99 Å². The number of fused-ring (bicyclic) bond motifs is 2. The van der Waals surface area contributed by atoms with Crippen molar-refractivity contribution in [3.63, 3.8) is 0 Å². The first-order chi connectivity index (χ1) is 11.7. The van der Waals surface area contributed by atoms with Gasteiger partial charge in [-0.25, -0.2) is 0 Å². The molecular formula is C21H17NOS. The standard InChI is InChI=1S/C21H17NOS/c1-14-10-12-15(13-11-14)22-21(24)20-16-6-2-4-8-18(16)23-19-9-5-3-7-17(19)20/h2-13,20H,1H3,(H,22,24). The summed E-state index contributed by atoms with van der Waals surface area (Å²) < 4.78 is 6.04. The Labute approximate surface area is 147 Å². The molecule has 118 valence electrons. The monoisotopic (exact) mass is 331 g/mol. The number of hydrogen-bond donors (Lipinski definition) is 1. The number of benzene rings is 3. The van der Waals surface area contributed by atoms with Gasteiger partial charge in [-0.3, -0.25) is 0 Å². The fourth-order valence-electron chi connectivity index (χ4n) is 3.04. The number of rotatable bonds is 2. The highest BCUT2D eigenvalue weighted by atomic mass is 32.1. The minimum Gasteiger partial charge on any atom is -0.457 e. The summed E-state index contributed by atoms with van der Waals surface area (Å²) in [5.74, 6) is 1.73. The molecule has 1 N–H and O–H groups in total.